The van der Waals surface area contributed by atoms with Crippen LogP contribution in [0.4, 0.5) is 5.95 Å². The van der Waals surface area contributed by atoms with Gasteiger partial charge in [0.2, 0.25) is 5.95 Å². The van der Waals surface area contributed by atoms with E-state index < -0.39 is 8.53 Å². The smallest absolute Gasteiger partial charge is 0.321 e. The Labute approximate surface area is 213 Å². The van der Waals surface area contributed by atoms with Gasteiger partial charge < -0.3 is 24.4 Å². The molecule has 1 aliphatic rings. The van der Waals surface area contributed by atoms with Gasteiger partial charge in [0.1, 0.15) is 11.1 Å². The van der Waals surface area contributed by atoms with Crippen LogP contribution in [0.25, 0.3) is 11.0 Å². The van der Waals surface area contributed by atoms with Crippen molar-refractivity contribution in [1.29, 1.82) is 0 Å². The summed E-state index contributed by atoms with van der Waals surface area (Å²) in [6, 6.07) is 0.417. The largest absolute Gasteiger partial charge is 0.440 e. The summed E-state index contributed by atoms with van der Waals surface area (Å²) in [5, 5.41) is 4.80. The Bertz CT molecular complexity index is 1110. The van der Waals surface area contributed by atoms with Gasteiger partial charge >= 0.3 is 8.53 Å². The predicted molar refractivity (Wildman–Crippen MR) is 142 cm³/mol. The normalized spacial score (nSPS) is 21.4. The molecule has 200 valence electrons. The standard InChI is InChI=1S/C23H39N8O4P/c1-14(2)31(15(3)4)36(35-17(6)10-24)33-12-19-16(5)9-20(34-19)30-21-18(11-26-30)22(32)28-23(27-21)25-13-29(7)8/h11,13-16,19-20H,6,9-10,12,24H2,1-5,7-8H3,(H,27,28,32). The minimum Gasteiger partial charge on any atom is -0.440 e. The molecule has 0 spiro atoms. The van der Waals surface area contributed by atoms with Crippen LogP contribution < -0.4 is 11.3 Å². The van der Waals surface area contributed by atoms with E-state index in [-0.39, 0.29) is 48.4 Å². The van der Waals surface area contributed by atoms with E-state index in [0.29, 0.717) is 29.8 Å². The average Bonchev–Trinajstić information content (AvgIpc) is 3.38. The zero-order chi connectivity index (χ0) is 26.6. The van der Waals surface area contributed by atoms with E-state index in [1.807, 2.05) is 14.1 Å². The Morgan fingerprint density at radius 1 is 1.42 bits per heavy atom. The second kappa shape index (κ2) is 12.2. The monoisotopic (exact) mass is 522 g/mol. The third kappa shape index (κ3) is 6.68. The van der Waals surface area contributed by atoms with Crippen LogP contribution in [0.15, 0.2) is 28.3 Å². The average molecular weight is 523 g/mol. The van der Waals surface area contributed by atoms with E-state index in [1.54, 1.807) is 15.9 Å². The van der Waals surface area contributed by atoms with Gasteiger partial charge in [-0.2, -0.15) is 10.1 Å². The summed E-state index contributed by atoms with van der Waals surface area (Å²) in [5.41, 5.74) is 5.85. The lowest BCUT2D eigenvalue weighted by molar-refractivity contribution is -0.0299. The fourth-order valence-electron chi connectivity index (χ4n) is 3.99. The lowest BCUT2D eigenvalue weighted by atomic mass is 10.0. The molecule has 1 aliphatic heterocycles. The van der Waals surface area contributed by atoms with Gasteiger partial charge in [-0.3, -0.25) is 9.78 Å². The molecule has 0 saturated carbocycles. The summed E-state index contributed by atoms with van der Waals surface area (Å²) < 4.78 is 22.5. The van der Waals surface area contributed by atoms with Crippen molar-refractivity contribution < 1.29 is 13.8 Å². The van der Waals surface area contributed by atoms with Crippen molar-refractivity contribution in [3.63, 3.8) is 0 Å². The molecule has 3 N–H and O–H groups in total. The second-order valence-corrected chi connectivity index (χ2v) is 11.1. The van der Waals surface area contributed by atoms with E-state index in [0.717, 1.165) is 0 Å². The summed E-state index contributed by atoms with van der Waals surface area (Å²) >= 11 is 0. The highest BCUT2D eigenvalue weighted by atomic mass is 31.2. The summed E-state index contributed by atoms with van der Waals surface area (Å²) in [6.07, 6.45) is 3.20. The third-order valence-corrected chi connectivity index (χ3v) is 7.79. The number of nitrogens with one attached hydrogen (secondary N) is 1. The maximum Gasteiger partial charge on any atom is 0.321 e. The van der Waals surface area contributed by atoms with Gasteiger partial charge in [0, 0.05) is 26.2 Å². The third-order valence-electron chi connectivity index (χ3n) is 5.71. The number of ether oxygens (including phenoxy) is 1. The van der Waals surface area contributed by atoms with Crippen molar-refractivity contribution >= 4 is 31.8 Å². The van der Waals surface area contributed by atoms with Crippen molar-refractivity contribution in [2.45, 2.75) is 65.5 Å². The van der Waals surface area contributed by atoms with Crippen LogP contribution in [-0.4, -0.2) is 81.1 Å². The van der Waals surface area contributed by atoms with Gasteiger partial charge in [0.15, 0.2) is 11.9 Å². The van der Waals surface area contributed by atoms with Crippen LogP contribution in [0.1, 0.15) is 47.3 Å². The van der Waals surface area contributed by atoms with Gasteiger partial charge in [-0.05, 0) is 40.0 Å². The highest BCUT2D eigenvalue weighted by Crippen LogP contribution is 2.48. The minimum absolute atomic E-state index is 0.184. The zero-order valence-corrected chi connectivity index (χ0v) is 23.1. The van der Waals surface area contributed by atoms with Crippen LogP contribution in [0, 0.1) is 5.92 Å². The van der Waals surface area contributed by atoms with Crippen molar-refractivity contribution in [1.82, 2.24) is 29.3 Å². The number of hydrogen-bond donors (Lipinski definition) is 2. The molecule has 13 heteroatoms. The molecule has 36 heavy (non-hydrogen) atoms. The maximum atomic E-state index is 12.5. The Morgan fingerprint density at radius 3 is 2.72 bits per heavy atom. The molecular weight excluding hydrogens is 483 g/mol. The van der Waals surface area contributed by atoms with Gasteiger partial charge in [0.25, 0.3) is 5.56 Å². The number of nitrogens with zero attached hydrogens (tertiary/aromatic N) is 6. The highest BCUT2D eigenvalue weighted by molar-refractivity contribution is 7.44. The first kappa shape index (κ1) is 28.2. The Balaban J connectivity index is 1.77. The van der Waals surface area contributed by atoms with Crippen molar-refractivity contribution in [3.05, 3.63) is 28.9 Å². The summed E-state index contributed by atoms with van der Waals surface area (Å²) in [7, 11) is 2.26. The number of hydrogen-bond acceptors (Lipinski definition) is 9. The molecule has 2 aromatic heterocycles. The number of aromatic amines is 1. The van der Waals surface area contributed by atoms with E-state index in [1.165, 1.54) is 6.20 Å². The van der Waals surface area contributed by atoms with Gasteiger partial charge in [-0.1, -0.05) is 13.5 Å². The fourth-order valence-corrected chi connectivity index (χ4v) is 5.59. The molecule has 0 aromatic carbocycles. The SMILES string of the molecule is C=C(CN)OP(OCC1OC(n2ncc3c(=O)[nH]c(N=CN(C)C)nc32)CC1C)N(C(C)C)C(C)C. The number of aliphatic imine (C=N–C) groups is 1. The van der Waals surface area contributed by atoms with Crippen LogP contribution in [0.2, 0.25) is 0 Å². The molecular formula is C23H39N8O4P. The number of H-pyrrole nitrogens is 1. The van der Waals surface area contributed by atoms with Gasteiger partial charge in [0.05, 0.1) is 31.8 Å². The first-order valence-corrected chi connectivity index (χ1v) is 13.3. The minimum atomic E-state index is -1.42. The molecule has 4 unspecified atom stereocenters. The van der Waals surface area contributed by atoms with Crippen LogP contribution in [-0.2, 0) is 13.8 Å². The van der Waals surface area contributed by atoms with Crippen LogP contribution in [0.5, 0.6) is 0 Å². The number of nitrogens with two attached hydrogens (primary N) is 1. The molecule has 3 heterocycles. The van der Waals surface area contributed by atoms with E-state index in [4.69, 9.17) is 19.5 Å². The van der Waals surface area contributed by atoms with Crippen molar-refractivity contribution in [2.75, 3.05) is 27.2 Å². The Kier molecular flexibility index (Phi) is 9.59. The molecule has 3 rings (SSSR count). The van der Waals surface area contributed by atoms with Crippen LogP contribution in [0.3, 0.4) is 0 Å². The van der Waals surface area contributed by atoms with E-state index in [9.17, 15) is 4.79 Å². The number of aromatic nitrogens is 4. The molecule has 1 saturated heterocycles. The van der Waals surface area contributed by atoms with Crippen molar-refractivity contribution in [3.8, 4) is 0 Å². The maximum absolute atomic E-state index is 12.5. The molecule has 4 atom stereocenters. The van der Waals surface area contributed by atoms with E-state index in [2.05, 4.69) is 65.9 Å². The second-order valence-electron chi connectivity index (χ2n) is 9.70. The number of fused-ring (bicyclic) bond motifs is 1. The molecule has 0 amide bonds. The molecule has 0 aliphatic carbocycles. The molecule has 0 bridgehead atoms. The summed E-state index contributed by atoms with van der Waals surface area (Å²) in [5.74, 6) is 0.876. The Hall–Kier alpha value is -2.37. The quantitative estimate of drug-likeness (QED) is 0.186. The van der Waals surface area contributed by atoms with Gasteiger partial charge in [-0.25, -0.2) is 14.3 Å². The molecule has 1 fully saturated rings. The topological polar surface area (TPSA) is 136 Å². The lowest BCUT2D eigenvalue weighted by Crippen LogP contribution is -2.34. The molecule has 12 nitrogen and oxygen atoms in total. The summed E-state index contributed by atoms with van der Waals surface area (Å²) in [4.78, 5) is 25.7. The lowest BCUT2D eigenvalue weighted by Gasteiger charge is -2.36. The predicted octanol–water partition coefficient (Wildman–Crippen LogP) is 3.12. The molecule has 0 radical (unpaired) electrons. The first-order chi connectivity index (χ1) is 17.0. The highest BCUT2D eigenvalue weighted by Gasteiger charge is 2.37. The fraction of sp³-hybridized carbons (Fsp3) is 0.652. The van der Waals surface area contributed by atoms with Crippen LogP contribution >= 0.6 is 8.53 Å². The number of rotatable bonds is 12. The summed E-state index contributed by atoms with van der Waals surface area (Å²) in [6.45, 7) is 15.0. The van der Waals surface area contributed by atoms with Gasteiger partial charge in [-0.15, -0.1) is 0 Å². The Morgan fingerprint density at radius 2 is 2.11 bits per heavy atom. The van der Waals surface area contributed by atoms with E-state index >= 15 is 0 Å². The molecule has 2 aromatic rings. The van der Waals surface area contributed by atoms with Crippen molar-refractivity contribution in [2.24, 2.45) is 16.6 Å². The zero-order valence-electron chi connectivity index (χ0n) is 22.2. The first-order valence-electron chi connectivity index (χ1n) is 12.1.